The number of amides is 1. The minimum Gasteiger partial charge on any atom is -0.369 e. The van der Waals surface area contributed by atoms with Crippen molar-refractivity contribution >= 4 is 53.3 Å². The second-order valence-electron chi connectivity index (χ2n) is 9.24. The number of rotatable bonds is 6. The summed E-state index contributed by atoms with van der Waals surface area (Å²) in [5.41, 5.74) is 1.94. The number of carbonyl (C=O) groups excluding carboxylic acids is 1. The summed E-state index contributed by atoms with van der Waals surface area (Å²) < 4.78 is 0. The summed E-state index contributed by atoms with van der Waals surface area (Å²) in [6.45, 7) is 7.74. The normalized spacial score (nSPS) is 19.9. The molecule has 3 N–H and O–H groups in total. The molecular formula is C24H36Cl2N6O. The van der Waals surface area contributed by atoms with Crippen molar-refractivity contribution in [2.75, 3.05) is 18.4 Å². The molecule has 0 bridgehead atoms. The van der Waals surface area contributed by atoms with Crippen molar-refractivity contribution in [3.8, 4) is 0 Å². The maximum Gasteiger partial charge on any atom is 0.289 e. The molecule has 1 aromatic carbocycles. The molecule has 9 heteroatoms. The van der Waals surface area contributed by atoms with Gasteiger partial charge >= 0.3 is 0 Å². The van der Waals surface area contributed by atoms with E-state index in [9.17, 15) is 4.79 Å². The maximum atomic E-state index is 12.7. The van der Waals surface area contributed by atoms with Gasteiger partial charge in [-0.05, 0) is 44.2 Å². The van der Waals surface area contributed by atoms with Gasteiger partial charge in [-0.2, -0.15) is 0 Å². The van der Waals surface area contributed by atoms with E-state index in [0.717, 1.165) is 60.3 Å². The Labute approximate surface area is 208 Å². The third kappa shape index (κ3) is 6.93. The summed E-state index contributed by atoms with van der Waals surface area (Å²) in [6, 6.07) is 6.65. The Morgan fingerprint density at radius 3 is 2.45 bits per heavy atom. The molecule has 7 nitrogen and oxygen atoms in total. The number of nitrogens with one attached hydrogen (secondary N) is 3. The lowest BCUT2D eigenvalue weighted by Crippen LogP contribution is -2.48. The number of fused-ring (bicyclic) bond motifs is 1. The van der Waals surface area contributed by atoms with Gasteiger partial charge in [-0.25, -0.2) is 9.97 Å². The van der Waals surface area contributed by atoms with E-state index in [-0.39, 0.29) is 42.6 Å². The zero-order valence-corrected chi connectivity index (χ0v) is 21.3. The number of nitrogens with zero attached hydrogens (tertiary/aromatic N) is 3. The molecule has 0 radical (unpaired) electrons. The van der Waals surface area contributed by atoms with Crippen molar-refractivity contribution in [1.82, 2.24) is 20.6 Å². The van der Waals surface area contributed by atoms with Gasteiger partial charge in [-0.15, -0.1) is 24.8 Å². The highest BCUT2D eigenvalue weighted by molar-refractivity contribution is 5.96. The van der Waals surface area contributed by atoms with Crippen molar-refractivity contribution in [1.29, 1.82) is 0 Å². The van der Waals surface area contributed by atoms with Crippen LogP contribution in [0.5, 0.6) is 0 Å². The van der Waals surface area contributed by atoms with Crippen LogP contribution in [0.1, 0.15) is 68.6 Å². The van der Waals surface area contributed by atoms with Crippen LogP contribution in [-0.4, -0.2) is 46.9 Å². The number of hydrogen-bond acceptors (Lipinski definition) is 6. The van der Waals surface area contributed by atoms with Crippen LogP contribution in [0.25, 0.3) is 10.9 Å². The van der Waals surface area contributed by atoms with Crippen molar-refractivity contribution in [3.05, 3.63) is 29.6 Å². The highest BCUT2D eigenvalue weighted by Gasteiger charge is 2.28. The lowest BCUT2D eigenvalue weighted by Gasteiger charge is -2.34. The first-order valence-corrected chi connectivity index (χ1v) is 11.6. The van der Waals surface area contributed by atoms with Gasteiger partial charge in [0.2, 0.25) is 5.82 Å². The third-order valence-electron chi connectivity index (χ3n) is 6.04. The van der Waals surface area contributed by atoms with Crippen LogP contribution in [0.2, 0.25) is 0 Å². The third-order valence-corrected chi connectivity index (χ3v) is 6.04. The first-order chi connectivity index (χ1) is 15.0. The number of hydrogen-bond donors (Lipinski definition) is 3. The van der Waals surface area contributed by atoms with Crippen LogP contribution in [-0.2, 0) is 0 Å². The highest BCUT2D eigenvalue weighted by atomic mass is 35.5. The molecule has 182 valence electrons. The number of carbonyl (C=O) groups is 1. The van der Waals surface area contributed by atoms with Crippen LogP contribution < -0.4 is 16.0 Å². The fourth-order valence-electron chi connectivity index (χ4n) is 4.35. The lowest BCUT2D eigenvalue weighted by molar-refractivity contribution is 0.0939. The van der Waals surface area contributed by atoms with E-state index < -0.39 is 0 Å². The molecular weight excluding hydrogens is 459 g/mol. The molecule has 1 amide bonds. The smallest absolute Gasteiger partial charge is 0.289 e. The zero-order chi connectivity index (χ0) is 21.8. The van der Waals surface area contributed by atoms with Crippen LogP contribution in [0.15, 0.2) is 23.2 Å². The van der Waals surface area contributed by atoms with E-state index in [4.69, 9.17) is 0 Å². The molecule has 0 saturated heterocycles. The molecule has 1 aromatic heterocycles. The highest BCUT2D eigenvalue weighted by Crippen LogP contribution is 2.27. The van der Waals surface area contributed by atoms with Crippen LogP contribution >= 0.6 is 24.8 Å². The Morgan fingerprint density at radius 1 is 1.06 bits per heavy atom. The number of halogens is 2. The maximum absolute atomic E-state index is 12.7. The second kappa shape index (κ2) is 12.4. The average molecular weight is 495 g/mol. The van der Waals surface area contributed by atoms with Crippen LogP contribution in [0.3, 0.4) is 0 Å². The Bertz CT molecular complexity index is 981. The topological polar surface area (TPSA) is 91.3 Å². The molecule has 2 aliphatic rings. The van der Waals surface area contributed by atoms with Crippen molar-refractivity contribution in [2.45, 2.75) is 71.4 Å². The monoisotopic (exact) mass is 494 g/mol. The predicted octanol–water partition coefficient (Wildman–Crippen LogP) is 4.67. The fraction of sp³-hybridized carbons (Fsp3) is 0.583. The largest absolute Gasteiger partial charge is 0.369 e. The van der Waals surface area contributed by atoms with E-state index in [1.54, 1.807) is 0 Å². The van der Waals surface area contributed by atoms with E-state index in [0.29, 0.717) is 18.5 Å². The zero-order valence-electron chi connectivity index (χ0n) is 19.7. The molecule has 1 aliphatic heterocycles. The molecule has 33 heavy (non-hydrogen) atoms. The minimum absolute atomic E-state index is 0. The van der Waals surface area contributed by atoms with Crippen molar-refractivity contribution in [3.63, 3.8) is 0 Å². The summed E-state index contributed by atoms with van der Waals surface area (Å²) in [5, 5.41) is 11.3. The standard InChI is InChI=1S/C24H34N6O.2ClH/c1-15(2)14-26-24(31)23-28-18-11-10-16(3)13-17(18)22(30-23)29-20-8-5-4-7-19(20)27-21-9-6-12-25-21;;/h10-11,13,15,19-20H,4-9,12,14H2,1-3H3,(H,25,27)(H,26,31)(H,28,29,30);2*1H/t19-,20+;;/m1../s1. The molecule has 2 atom stereocenters. The van der Waals surface area contributed by atoms with Crippen molar-refractivity contribution in [2.24, 2.45) is 10.9 Å². The number of aromatic nitrogens is 2. The number of aryl methyl sites for hydroxylation is 1. The van der Waals surface area contributed by atoms with Gasteiger partial charge in [0.15, 0.2) is 0 Å². The Balaban J connectivity index is 0.00000193. The van der Waals surface area contributed by atoms with Crippen LogP contribution in [0.4, 0.5) is 5.82 Å². The molecule has 4 rings (SSSR count). The van der Waals surface area contributed by atoms with Crippen molar-refractivity contribution < 1.29 is 4.79 Å². The molecule has 2 aromatic rings. The average Bonchev–Trinajstić information content (AvgIpc) is 3.26. The van der Waals surface area contributed by atoms with Gasteiger partial charge in [0.05, 0.1) is 11.4 Å². The molecule has 0 spiro atoms. The molecule has 2 heterocycles. The van der Waals surface area contributed by atoms with Crippen LogP contribution in [0, 0.1) is 12.8 Å². The quantitative estimate of drug-likeness (QED) is 0.542. The van der Waals surface area contributed by atoms with E-state index >= 15 is 0 Å². The molecule has 1 saturated carbocycles. The van der Waals surface area contributed by atoms with Gasteiger partial charge in [0.25, 0.3) is 5.91 Å². The summed E-state index contributed by atoms with van der Waals surface area (Å²) in [7, 11) is 0. The summed E-state index contributed by atoms with van der Waals surface area (Å²) in [5.74, 6) is 2.25. The number of amidine groups is 1. The summed E-state index contributed by atoms with van der Waals surface area (Å²) >= 11 is 0. The Hall–Kier alpha value is -2.12. The van der Waals surface area contributed by atoms with E-state index in [1.807, 2.05) is 12.1 Å². The first kappa shape index (κ1) is 27.1. The second-order valence-corrected chi connectivity index (χ2v) is 9.24. The molecule has 1 fully saturated rings. The SMILES string of the molecule is Cc1ccc2nc(C(=O)NCC(C)C)nc(N[C@H]3CCCC[C@H]3NC3=NCCC3)c2c1.Cl.Cl. The van der Waals surface area contributed by atoms with E-state index in [2.05, 4.69) is 57.7 Å². The molecule has 0 unspecified atom stereocenters. The fourth-order valence-corrected chi connectivity index (χ4v) is 4.35. The van der Waals surface area contributed by atoms with Gasteiger partial charge in [-0.1, -0.05) is 38.3 Å². The minimum atomic E-state index is -0.224. The summed E-state index contributed by atoms with van der Waals surface area (Å²) in [4.78, 5) is 26.6. The lowest BCUT2D eigenvalue weighted by atomic mass is 9.90. The van der Waals surface area contributed by atoms with Gasteiger partial charge in [-0.3, -0.25) is 9.79 Å². The predicted molar refractivity (Wildman–Crippen MR) is 140 cm³/mol. The Morgan fingerprint density at radius 2 is 1.79 bits per heavy atom. The van der Waals surface area contributed by atoms with E-state index in [1.165, 1.54) is 12.8 Å². The summed E-state index contributed by atoms with van der Waals surface area (Å²) in [6.07, 6.45) is 6.76. The number of benzene rings is 1. The Kier molecular flexibility index (Phi) is 10.2. The number of aliphatic imine (C=N–C) groups is 1. The van der Waals surface area contributed by atoms with Gasteiger partial charge in [0, 0.05) is 37.0 Å². The number of anilines is 1. The molecule has 1 aliphatic carbocycles. The van der Waals surface area contributed by atoms with Gasteiger partial charge in [0.1, 0.15) is 5.82 Å². The van der Waals surface area contributed by atoms with Gasteiger partial charge < -0.3 is 16.0 Å². The first-order valence-electron chi connectivity index (χ1n) is 11.6.